The number of hydrogen-bond acceptors (Lipinski definition) is 0. The summed E-state index contributed by atoms with van der Waals surface area (Å²) in [7, 11) is 0. The summed E-state index contributed by atoms with van der Waals surface area (Å²) in [6.07, 6.45) is 5.38. The van der Waals surface area contributed by atoms with Crippen LogP contribution in [0.5, 0.6) is 0 Å². The van der Waals surface area contributed by atoms with E-state index in [9.17, 15) is 0 Å². The Kier molecular flexibility index (Phi) is 2.63. The van der Waals surface area contributed by atoms with Gasteiger partial charge in [-0.1, -0.05) is 47.5 Å². The van der Waals surface area contributed by atoms with Crippen LogP contribution < -0.4 is 0 Å². The molecule has 0 N–H and O–H groups in total. The molecule has 2 aromatic rings. The molecule has 4 atom stereocenters. The van der Waals surface area contributed by atoms with Gasteiger partial charge in [0, 0.05) is 10.0 Å². The Hall–Kier alpha value is -0.980. The van der Waals surface area contributed by atoms with Crippen LogP contribution in [0.15, 0.2) is 48.5 Å². The molecule has 5 rings (SSSR count). The lowest BCUT2D eigenvalue weighted by molar-refractivity contribution is 0.372. The predicted molar refractivity (Wildman–Crippen MR) is 91.7 cm³/mol. The molecule has 2 aromatic carbocycles. The Morgan fingerprint density at radius 2 is 1.00 bits per heavy atom. The maximum absolute atomic E-state index is 6.05. The second kappa shape index (κ2) is 4.30. The molecule has 0 heterocycles. The molecular weight excluding hydrogens is 311 g/mol. The van der Waals surface area contributed by atoms with Crippen molar-refractivity contribution in [2.24, 2.45) is 11.8 Å². The zero-order chi connectivity index (χ0) is 14.9. The highest BCUT2D eigenvalue weighted by Gasteiger charge is 2.73. The maximum atomic E-state index is 6.05. The minimum atomic E-state index is 0.460. The Balaban J connectivity index is 1.44. The third-order valence-electron chi connectivity index (χ3n) is 6.61. The molecule has 3 saturated carbocycles. The van der Waals surface area contributed by atoms with Gasteiger partial charge >= 0.3 is 0 Å². The van der Waals surface area contributed by atoms with E-state index in [-0.39, 0.29) is 0 Å². The first-order valence-corrected chi connectivity index (χ1v) is 8.92. The van der Waals surface area contributed by atoms with Crippen LogP contribution in [0.25, 0.3) is 0 Å². The van der Waals surface area contributed by atoms with Crippen LogP contribution in [0.3, 0.4) is 0 Å². The van der Waals surface area contributed by atoms with Crippen LogP contribution in [0.1, 0.15) is 36.8 Å². The van der Waals surface area contributed by atoms with E-state index in [0.717, 1.165) is 21.9 Å². The van der Waals surface area contributed by atoms with Crippen molar-refractivity contribution in [3.05, 3.63) is 69.7 Å². The molecule has 0 amide bonds. The minimum absolute atomic E-state index is 0.460. The van der Waals surface area contributed by atoms with Gasteiger partial charge in [-0.3, -0.25) is 0 Å². The van der Waals surface area contributed by atoms with Crippen LogP contribution in [0.2, 0.25) is 10.0 Å². The van der Waals surface area contributed by atoms with Crippen molar-refractivity contribution in [2.75, 3.05) is 0 Å². The minimum Gasteiger partial charge on any atom is -0.0843 e. The number of halogens is 2. The third kappa shape index (κ3) is 1.71. The zero-order valence-electron chi connectivity index (χ0n) is 12.4. The van der Waals surface area contributed by atoms with Gasteiger partial charge in [0.15, 0.2) is 0 Å². The molecule has 0 aliphatic heterocycles. The summed E-state index contributed by atoms with van der Waals surface area (Å²) in [6, 6.07) is 17.2. The Morgan fingerprint density at radius 1 is 0.636 bits per heavy atom. The topological polar surface area (TPSA) is 0 Å². The van der Waals surface area contributed by atoms with E-state index < -0.39 is 0 Å². The highest BCUT2D eigenvalue weighted by atomic mass is 35.5. The maximum Gasteiger partial charge on any atom is 0.0406 e. The van der Waals surface area contributed by atoms with Crippen molar-refractivity contribution in [2.45, 2.75) is 36.5 Å². The average molecular weight is 329 g/mol. The van der Waals surface area contributed by atoms with Crippen molar-refractivity contribution < 1.29 is 0 Å². The summed E-state index contributed by atoms with van der Waals surface area (Å²) in [4.78, 5) is 0. The number of benzene rings is 2. The quantitative estimate of drug-likeness (QED) is 0.633. The van der Waals surface area contributed by atoms with Gasteiger partial charge < -0.3 is 0 Å². The Labute approximate surface area is 141 Å². The normalized spacial score (nSPS) is 38.1. The Bertz CT molecular complexity index is 668. The molecule has 2 heteroatoms. The first-order valence-electron chi connectivity index (χ1n) is 8.16. The van der Waals surface area contributed by atoms with Gasteiger partial charge in [-0.25, -0.2) is 0 Å². The summed E-state index contributed by atoms with van der Waals surface area (Å²) in [6.45, 7) is 0. The zero-order valence-corrected chi connectivity index (χ0v) is 13.9. The molecule has 0 radical (unpaired) electrons. The van der Waals surface area contributed by atoms with Crippen LogP contribution in [0.4, 0.5) is 0 Å². The van der Waals surface area contributed by atoms with Crippen molar-refractivity contribution in [3.8, 4) is 0 Å². The number of rotatable bonds is 2. The first-order chi connectivity index (χ1) is 10.6. The summed E-state index contributed by atoms with van der Waals surface area (Å²) in [5.74, 6) is 1.75. The lowest BCUT2D eigenvalue weighted by atomic mass is 9.75. The predicted octanol–water partition coefficient (Wildman–Crippen LogP) is 6.00. The molecular formula is C20H18Cl2. The molecule has 0 spiro atoms. The van der Waals surface area contributed by atoms with E-state index in [0.29, 0.717) is 10.8 Å². The van der Waals surface area contributed by atoms with E-state index in [1.807, 2.05) is 0 Å². The fourth-order valence-electron chi connectivity index (χ4n) is 5.26. The van der Waals surface area contributed by atoms with Gasteiger partial charge in [0.25, 0.3) is 0 Å². The standard InChI is InChI=1S/C20H18Cl2/c21-15-5-1-13(2-6-15)19-9-10-20(12-18(20)17(19)11-19)14-3-7-16(22)8-4-14/h1-8,17-18H,9-12H2/t17-,18-,19-,20-/m0/s1. The summed E-state index contributed by atoms with van der Waals surface area (Å²) in [5, 5.41) is 1.69. The van der Waals surface area contributed by atoms with Crippen LogP contribution in [0, 0.1) is 11.8 Å². The van der Waals surface area contributed by atoms with Gasteiger partial charge in [-0.05, 0) is 83.7 Å². The van der Waals surface area contributed by atoms with Gasteiger partial charge in [0.05, 0.1) is 0 Å². The molecule has 3 fully saturated rings. The number of hydrogen-bond donors (Lipinski definition) is 0. The van der Waals surface area contributed by atoms with Crippen molar-refractivity contribution in [1.82, 2.24) is 0 Å². The largest absolute Gasteiger partial charge is 0.0843 e. The Morgan fingerprint density at radius 3 is 1.36 bits per heavy atom. The summed E-state index contributed by atoms with van der Waals surface area (Å²) in [5.41, 5.74) is 3.95. The van der Waals surface area contributed by atoms with Crippen LogP contribution in [-0.2, 0) is 10.8 Å². The summed E-state index contributed by atoms with van der Waals surface area (Å²) < 4.78 is 0. The van der Waals surface area contributed by atoms with Gasteiger partial charge in [-0.15, -0.1) is 0 Å². The van der Waals surface area contributed by atoms with E-state index in [1.54, 1.807) is 0 Å². The van der Waals surface area contributed by atoms with E-state index in [1.165, 1.54) is 36.8 Å². The fourth-order valence-corrected chi connectivity index (χ4v) is 5.51. The van der Waals surface area contributed by atoms with Crippen LogP contribution >= 0.6 is 23.2 Å². The van der Waals surface area contributed by atoms with Gasteiger partial charge in [-0.2, -0.15) is 0 Å². The molecule has 0 aromatic heterocycles. The molecule has 112 valence electrons. The molecule has 3 aliphatic carbocycles. The van der Waals surface area contributed by atoms with E-state index in [4.69, 9.17) is 23.2 Å². The second-order valence-electron chi connectivity index (χ2n) is 7.45. The molecule has 0 unspecified atom stereocenters. The highest BCUT2D eigenvalue weighted by molar-refractivity contribution is 6.30. The summed E-state index contributed by atoms with van der Waals surface area (Å²) >= 11 is 12.1. The van der Waals surface area contributed by atoms with Crippen molar-refractivity contribution in [3.63, 3.8) is 0 Å². The first kappa shape index (κ1) is 13.5. The third-order valence-corrected chi connectivity index (χ3v) is 7.11. The SMILES string of the molecule is Clc1ccc([C@@]23CC[C@@]4(c5ccc(Cl)cc5)C[C@H]4[C@@H]2C3)cc1. The van der Waals surface area contributed by atoms with Crippen molar-refractivity contribution >= 4 is 23.2 Å². The fraction of sp³-hybridized carbons (Fsp3) is 0.400. The van der Waals surface area contributed by atoms with E-state index >= 15 is 0 Å². The molecule has 0 bridgehead atoms. The van der Waals surface area contributed by atoms with Gasteiger partial charge in [0.1, 0.15) is 0 Å². The number of fused-ring (bicyclic) bond motifs is 3. The van der Waals surface area contributed by atoms with E-state index in [2.05, 4.69) is 48.5 Å². The smallest absolute Gasteiger partial charge is 0.0406 e. The molecule has 22 heavy (non-hydrogen) atoms. The molecule has 0 saturated heterocycles. The monoisotopic (exact) mass is 328 g/mol. The van der Waals surface area contributed by atoms with Crippen LogP contribution in [-0.4, -0.2) is 0 Å². The highest BCUT2D eigenvalue weighted by Crippen LogP contribution is 2.78. The molecule has 3 aliphatic rings. The van der Waals surface area contributed by atoms with Crippen molar-refractivity contribution in [1.29, 1.82) is 0 Å². The molecule has 0 nitrogen and oxygen atoms in total. The second-order valence-corrected chi connectivity index (χ2v) is 8.32. The lowest BCUT2D eigenvalue weighted by Crippen LogP contribution is -2.24. The average Bonchev–Trinajstić information content (AvgIpc) is 3.40. The lowest BCUT2D eigenvalue weighted by Gasteiger charge is -2.29. The van der Waals surface area contributed by atoms with Gasteiger partial charge in [0.2, 0.25) is 0 Å².